The maximum Gasteiger partial charge on any atom is 0.295 e. The largest absolute Gasteiger partial charge is 0.450 e. The molecule has 1 aliphatic rings. The summed E-state index contributed by atoms with van der Waals surface area (Å²) >= 11 is 3.39. The molecule has 4 aromatic rings. The molecule has 164 valence electrons. The smallest absolute Gasteiger partial charge is 0.295 e. The molecule has 0 saturated heterocycles. The van der Waals surface area contributed by atoms with Crippen molar-refractivity contribution < 1.29 is 14.1 Å². The predicted octanol–water partition coefficient (Wildman–Crippen LogP) is 5.83. The van der Waals surface area contributed by atoms with E-state index in [-0.39, 0.29) is 22.4 Å². The molecule has 1 amide bonds. The van der Waals surface area contributed by atoms with Gasteiger partial charge in [0, 0.05) is 22.3 Å². The van der Waals surface area contributed by atoms with Crippen LogP contribution in [-0.4, -0.2) is 10.8 Å². The van der Waals surface area contributed by atoms with E-state index in [1.54, 1.807) is 48.5 Å². The van der Waals surface area contributed by atoms with E-state index in [9.17, 15) is 19.7 Å². The first-order chi connectivity index (χ1) is 15.8. The van der Waals surface area contributed by atoms with Gasteiger partial charge in [0.2, 0.25) is 5.76 Å². The predicted molar refractivity (Wildman–Crippen MR) is 128 cm³/mol. The number of amides is 1. The Morgan fingerprint density at radius 2 is 1.70 bits per heavy atom. The molecule has 0 saturated carbocycles. The topological polar surface area (TPSA) is 93.7 Å². The number of nitrogens with zero attached hydrogens (tertiary/aromatic N) is 2. The van der Waals surface area contributed by atoms with Crippen LogP contribution in [0.4, 0.5) is 11.4 Å². The van der Waals surface area contributed by atoms with Gasteiger partial charge in [0.25, 0.3) is 11.6 Å². The Bertz CT molecular complexity index is 1520. The lowest BCUT2D eigenvalue weighted by Gasteiger charge is -2.25. The van der Waals surface area contributed by atoms with Crippen molar-refractivity contribution in [2.24, 2.45) is 0 Å². The van der Waals surface area contributed by atoms with Crippen molar-refractivity contribution in [1.82, 2.24) is 0 Å². The van der Waals surface area contributed by atoms with Crippen LogP contribution in [0.5, 0.6) is 0 Å². The number of hydrogen-bond acceptors (Lipinski definition) is 5. The second-order valence-electron chi connectivity index (χ2n) is 8.01. The second-order valence-corrected chi connectivity index (χ2v) is 8.93. The average Bonchev–Trinajstić information content (AvgIpc) is 3.08. The van der Waals surface area contributed by atoms with Crippen LogP contribution in [0, 0.1) is 24.0 Å². The quantitative estimate of drug-likeness (QED) is 0.258. The number of non-ortho nitro benzene ring substituents is 1. The molecule has 8 heteroatoms. The number of nitro groups is 1. The van der Waals surface area contributed by atoms with E-state index in [1.807, 2.05) is 13.8 Å². The Hall–Kier alpha value is -3.78. The van der Waals surface area contributed by atoms with Gasteiger partial charge < -0.3 is 4.42 Å². The van der Waals surface area contributed by atoms with Gasteiger partial charge in [-0.3, -0.25) is 24.6 Å². The summed E-state index contributed by atoms with van der Waals surface area (Å²) in [5.41, 5.74) is 2.94. The molecule has 2 heterocycles. The van der Waals surface area contributed by atoms with Crippen LogP contribution in [0.25, 0.3) is 11.0 Å². The van der Waals surface area contributed by atoms with Gasteiger partial charge in [0.15, 0.2) is 5.43 Å². The highest BCUT2D eigenvalue weighted by atomic mass is 79.9. The molecular weight excluding hydrogens is 488 g/mol. The third-order valence-electron chi connectivity index (χ3n) is 5.99. The second kappa shape index (κ2) is 7.67. The van der Waals surface area contributed by atoms with Gasteiger partial charge in [-0.2, -0.15) is 0 Å². The Morgan fingerprint density at radius 1 is 1.00 bits per heavy atom. The minimum atomic E-state index is -0.865. The summed E-state index contributed by atoms with van der Waals surface area (Å²) in [6.45, 7) is 3.81. The number of carbonyl (C=O) groups is 1. The standard InChI is InChI=1S/C25H17BrN2O5/c1-13-10-19-20(11-14(13)2)33-24-21(23(19)29)22(15-4-3-5-18(12-15)28(31)32)27(25(24)30)17-8-6-16(26)7-9-17/h3-12,22H,1-2H3. The lowest BCUT2D eigenvalue weighted by molar-refractivity contribution is -0.384. The van der Waals surface area contributed by atoms with E-state index in [4.69, 9.17) is 4.42 Å². The summed E-state index contributed by atoms with van der Waals surface area (Å²) in [6, 6.07) is 15.7. The molecule has 0 radical (unpaired) electrons. The van der Waals surface area contributed by atoms with Crippen molar-refractivity contribution in [3.8, 4) is 0 Å². The number of carbonyl (C=O) groups excluding carboxylic acids is 1. The number of hydrogen-bond donors (Lipinski definition) is 0. The van der Waals surface area contributed by atoms with E-state index >= 15 is 0 Å². The zero-order valence-electron chi connectivity index (χ0n) is 17.7. The molecule has 0 N–H and O–H groups in total. The number of anilines is 1. The molecular formula is C25H17BrN2O5. The fourth-order valence-corrected chi connectivity index (χ4v) is 4.48. The highest BCUT2D eigenvalue weighted by molar-refractivity contribution is 9.10. The number of aryl methyl sites for hydroxylation is 2. The zero-order chi connectivity index (χ0) is 23.4. The van der Waals surface area contributed by atoms with Crippen molar-refractivity contribution in [1.29, 1.82) is 0 Å². The highest BCUT2D eigenvalue weighted by Gasteiger charge is 2.44. The van der Waals surface area contributed by atoms with Crippen molar-refractivity contribution in [2.45, 2.75) is 19.9 Å². The lowest BCUT2D eigenvalue weighted by Crippen LogP contribution is -2.29. The van der Waals surface area contributed by atoms with E-state index in [2.05, 4.69) is 15.9 Å². The lowest BCUT2D eigenvalue weighted by atomic mass is 9.97. The van der Waals surface area contributed by atoms with Crippen molar-refractivity contribution in [3.05, 3.63) is 113 Å². The molecule has 5 rings (SSSR count). The Kier molecular flexibility index (Phi) is 4.90. The molecule has 0 fully saturated rings. The number of fused-ring (bicyclic) bond motifs is 2. The van der Waals surface area contributed by atoms with Crippen LogP contribution in [0.15, 0.2) is 74.3 Å². The summed E-state index contributed by atoms with van der Waals surface area (Å²) in [5, 5.41) is 11.8. The monoisotopic (exact) mass is 504 g/mol. The zero-order valence-corrected chi connectivity index (χ0v) is 19.3. The minimum absolute atomic E-state index is 0.0461. The van der Waals surface area contributed by atoms with Crippen LogP contribution < -0.4 is 10.3 Å². The van der Waals surface area contributed by atoms with Gasteiger partial charge in [-0.05, 0) is 66.9 Å². The van der Waals surface area contributed by atoms with Crippen LogP contribution in [0.3, 0.4) is 0 Å². The summed E-state index contributed by atoms with van der Waals surface area (Å²) in [4.78, 5) is 39.6. The number of benzene rings is 3. The molecule has 1 unspecified atom stereocenters. The van der Waals surface area contributed by atoms with Gasteiger partial charge in [0.1, 0.15) is 5.58 Å². The van der Waals surface area contributed by atoms with Crippen molar-refractivity contribution in [3.63, 3.8) is 0 Å². The van der Waals surface area contributed by atoms with Gasteiger partial charge in [0.05, 0.1) is 21.9 Å². The van der Waals surface area contributed by atoms with Crippen molar-refractivity contribution >= 4 is 44.2 Å². The van der Waals surface area contributed by atoms with Gasteiger partial charge >= 0.3 is 0 Å². The molecule has 7 nitrogen and oxygen atoms in total. The number of nitro benzene ring substituents is 1. The van der Waals surface area contributed by atoms with E-state index in [0.717, 1.165) is 15.6 Å². The van der Waals surface area contributed by atoms with Crippen LogP contribution >= 0.6 is 15.9 Å². The van der Waals surface area contributed by atoms with Crippen molar-refractivity contribution in [2.75, 3.05) is 4.90 Å². The number of rotatable bonds is 3. The minimum Gasteiger partial charge on any atom is -0.450 e. The Labute approximate surface area is 196 Å². The molecule has 0 spiro atoms. The van der Waals surface area contributed by atoms with E-state index in [1.165, 1.54) is 17.0 Å². The Balaban J connectivity index is 1.83. The SMILES string of the molecule is Cc1cc2oc3c(c(=O)c2cc1C)C(c1cccc([N+](=O)[O-])c1)N(c1ccc(Br)cc1)C3=O. The number of halogens is 1. The molecule has 1 atom stereocenters. The first-order valence-corrected chi connectivity index (χ1v) is 11.0. The van der Waals surface area contributed by atoms with E-state index in [0.29, 0.717) is 22.2 Å². The molecule has 0 aliphatic carbocycles. The van der Waals surface area contributed by atoms with Crippen LogP contribution in [0.2, 0.25) is 0 Å². The highest BCUT2D eigenvalue weighted by Crippen LogP contribution is 2.42. The average molecular weight is 505 g/mol. The normalized spacial score (nSPS) is 15.2. The molecule has 0 bridgehead atoms. The third-order valence-corrected chi connectivity index (χ3v) is 6.52. The van der Waals surface area contributed by atoms with Gasteiger partial charge in [-0.25, -0.2) is 0 Å². The first kappa shape index (κ1) is 21.1. The van der Waals surface area contributed by atoms with Gasteiger partial charge in [-0.15, -0.1) is 0 Å². The maximum absolute atomic E-state index is 13.7. The molecule has 33 heavy (non-hydrogen) atoms. The summed E-state index contributed by atoms with van der Waals surface area (Å²) in [5.74, 6) is -0.517. The molecule has 1 aromatic heterocycles. The van der Waals surface area contributed by atoms with Crippen LogP contribution in [0.1, 0.15) is 38.9 Å². The maximum atomic E-state index is 13.7. The Morgan fingerprint density at radius 3 is 2.39 bits per heavy atom. The van der Waals surface area contributed by atoms with Gasteiger partial charge in [-0.1, -0.05) is 28.1 Å². The fourth-order valence-electron chi connectivity index (χ4n) is 4.22. The molecule has 1 aliphatic heterocycles. The summed E-state index contributed by atoms with van der Waals surface area (Å²) in [6.07, 6.45) is 0. The third kappa shape index (κ3) is 3.34. The van der Waals surface area contributed by atoms with E-state index < -0.39 is 16.9 Å². The molecule has 3 aromatic carbocycles. The fraction of sp³-hybridized carbons (Fsp3) is 0.120. The van der Waals surface area contributed by atoms with Crippen LogP contribution in [-0.2, 0) is 0 Å². The first-order valence-electron chi connectivity index (χ1n) is 10.2. The summed E-state index contributed by atoms with van der Waals surface area (Å²) < 4.78 is 6.83. The summed E-state index contributed by atoms with van der Waals surface area (Å²) in [7, 11) is 0.